The zero-order valence-corrected chi connectivity index (χ0v) is 14.0. The average molecular weight is 335 g/mol. The van der Waals surface area contributed by atoms with Gasteiger partial charge in [-0.3, -0.25) is 0 Å². The molecule has 2 aromatic carbocycles. The lowest BCUT2D eigenvalue weighted by Gasteiger charge is -2.18. The zero-order chi connectivity index (χ0) is 16.9. The van der Waals surface area contributed by atoms with Crippen LogP contribution in [0.5, 0.6) is 5.75 Å². The Kier molecular flexibility index (Phi) is 5.76. The third-order valence-corrected chi connectivity index (χ3v) is 3.92. The standard InChI is InChI=1S/C17H21NO4S/c1-13(14-6-4-3-5-7-14)18-12-17(19)15-8-10-16(11-9-15)22-23(2,20)21/h3-11,13,17-19H,12H2,1-2H3/t13?,17-/m1/s1. The Balaban J connectivity index is 1.92. The molecular formula is C17H21NO4S. The van der Waals surface area contributed by atoms with E-state index < -0.39 is 16.2 Å². The molecule has 0 aliphatic carbocycles. The molecule has 2 aromatic rings. The van der Waals surface area contributed by atoms with Crippen molar-refractivity contribution in [3.05, 3.63) is 65.7 Å². The molecule has 0 saturated carbocycles. The Bertz CT molecular complexity index is 714. The summed E-state index contributed by atoms with van der Waals surface area (Å²) in [6.45, 7) is 2.42. The Morgan fingerprint density at radius 3 is 2.22 bits per heavy atom. The summed E-state index contributed by atoms with van der Waals surface area (Å²) in [5, 5.41) is 13.5. The summed E-state index contributed by atoms with van der Waals surface area (Å²) in [7, 11) is -3.54. The quantitative estimate of drug-likeness (QED) is 0.760. The van der Waals surface area contributed by atoms with Gasteiger partial charge in [0.05, 0.1) is 12.4 Å². The van der Waals surface area contributed by atoms with Gasteiger partial charge in [-0.15, -0.1) is 0 Å². The van der Waals surface area contributed by atoms with Crippen molar-refractivity contribution in [2.24, 2.45) is 0 Å². The molecule has 5 nitrogen and oxygen atoms in total. The van der Waals surface area contributed by atoms with Gasteiger partial charge in [0, 0.05) is 12.6 Å². The van der Waals surface area contributed by atoms with Crippen LogP contribution < -0.4 is 9.50 Å². The van der Waals surface area contributed by atoms with Gasteiger partial charge in [0.2, 0.25) is 0 Å². The van der Waals surface area contributed by atoms with E-state index in [1.807, 2.05) is 37.3 Å². The van der Waals surface area contributed by atoms with Gasteiger partial charge in [0.1, 0.15) is 5.75 Å². The second-order valence-electron chi connectivity index (χ2n) is 5.41. The molecule has 0 amide bonds. The van der Waals surface area contributed by atoms with Crippen molar-refractivity contribution in [1.29, 1.82) is 0 Å². The molecule has 0 spiro atoms. The van der Waals surface area contributed by atoms with E-state index in [-0.39, 0.29) is 11.8 Å². The minimum Gasteiger partial charge on any atom is -0.387 e. The number of aliphatic hydroxyl groups excluding tert-OH is 1. The molecule has 0 aliphatic rings. The fourth-order valence-corrected chi connectivity index (χ4v) is 2.65. The largest absolute Gasteiger partial charge is 0.387 e. The summed E-state index contributed by atoms with van der Waals surface area (Å²) in [6.07, 6.45) is 0.304. The van der Waals surface area contributed by atoms with Crippen molar-refractivity contribution >= 4 is 10.1 Å². The molecular weight excluding hydrogens is 314 g/mol. The smallest absolute Gasteiger partial charge is 0.306 e. The van der Waals surface area contributed by atoms with Crippen molar-refractivity contribution in [2.75, 3.05) is 12.8 Å². The second kappa shape index (κ2) is 7.59. The molecule has 124 valence electrons. The Labute approximate surface area is 137 Å². The van der Waals surface area contributed by atoms with Crippen LogP contribution in [-0.4, -0.2) is 26.3 Å². The maximum Gasteiger partial charge on any atom is 0.306 e. The monoisotopic (exact) mass is 335 g/mol. The fourth-order valence-electron chi connectivity index (χ4n) is 2.19. The minimum absolute atomic E-state index is 0.124. The van der Waals surface area contributed by atoms with Crippen LogP contribution in [0.3, 0.4) is 0 Å². The van der Waals surface area contributed by atoms with Crippen LogP contribution in [0, 0.1) is 0 Å². The Hall–Kier alpha value is -1.89. The highest BCUT2D eigenvalue weighted by molar-refractivity contribution is 7.86. The van der Waals surface area contributed by atoms with Crippen LogP contribution in [0.2, 0.25) is 0 Å². The summed E-state index contributed by atoms with van der Waals surface area (Å²) in [4.78, 5) is 0. The predicted molar refractivity (Wildman–Crippen MR) is 89.7 cm³/mol. The summed E-state index contributed by atoms with van der Waals surface area (Å²) in [5.74, 6) is 0.231. The van der Waals surface area contributed by atoms with E-state index in [4.69, 9.17) is 4.18 Å². The lowest BCUT2D eigenvalue weighted by atomic mass is 10.1. The van der Waals surface area contributed by atoms with Gasteiger partial charge in [-0.2, -0.15) is 8.42 Å². The first-order valence-electron chi connectivity index (χ1n) is 7.31. The van der Waals surface area contributed by atoms with Crippen LogP contribution in [0.4, 0.5) is 0 Å². The van der Waals surface area contributed by atoms with Crippen LogP contribution in [-0.2, 0) is 10.1 Å². The van der Waals surface area contributed by atoms with Crippen molar-refractivity contribution in [1.82, 2.24) is 5.32 Å². The highest BCUT2D eigenvalue weighted by Crippen LogP contribution is 2.19. The first kappa shape index (κ1) is 17.5. The van der Waals surface area contributed by atoms with Crippen LogP contribution in [0.15, 0.2) is 54.6 Å². The van der Waals surface area contributed by atoms with Crippen LogP contribution >= 0.6 is 0 Å². The third kappa shape index (κ3) is 5.67. The molecule has 2 rings (SSSR count). The van der Waals surface area contributed by atoms with Gasteiger partial charge in [-0.1, -0.05) is 42.5 Å². The van der Waals surface area contributed by atoms with Crippen molar-refractivity contribution in [2.45, 2.75) is 19.1 Å². The molecule has 2 atom stereocenters. The minimum atomic E-state index is -3.54. The first-order chi connectivity index (χ1) is 10.8. The van der Waals surface area contributed by atoms with Crippen molar-refractivity contribution in [3.8, 4) is 5.75 Å². The normalized spacial score (nSPS) is 14.2. The predicted octanol–water partition coefficient (Wildman–Crippen LogP) is 2.41. The van der Waals surface area contributed by atoms with E-state index in [0.717, 1.165) is 11.8 Å². The van der Waals surface area contributed by atoms with E-state index in [1.54, 1.807) is 12.1 Å². The second-order valence-corrected chi connectivity index (χ2v) is 6.99. The molecule has 0 fully saturated rings. The highest BCUT2D eigenvalue weighted by Gasteiger charge is 2.11. The first-order valence-corrected chi connectivity index (χ1v) is 9.12. The maximum atomic E-state index is 11.1. The van der Waals surface area contributed by atoms with Gasteiger partial charge < -0.3 is 14.6 Å². The number of benzene rings is 2. The van der Waals surface area contributed by atoms with Gasteiger partial charge >= 0.3 is 10.1 Å². The van der Waals surface area contributed by atoms with Crippen molar-refractivity contribution < 1.29 is 17.7 Å². The van der Waals surface area contributed by atoms with Crippen LogP contribution in [0.1, 0.15) is 30.2 Å². The molecule has 0 heterocycles. The van der Waals surface area contributed by atoms with E-state index in [2.05, 4.69) is 5.32 Å². The zero-order valence-electron chi connectivity index (χ0n) is 13.1. The molecule has 0 saturated heterocycles. The average Bonchev–Trinajstić information content (AvgIpc) is 2.52. The van der Waals surface area contributed by atoms with Gasteiger partial charge in [0.15, 0.2) is 0 Å². The summed E-state index contributed by atoms with van der Waals surface area (Å²) >= 11 is 0. The molecule has 0 aromatic heterocycles. The summed E-state index contributed by atoms with van der Waals surface area (Å²) < 4.78 is 26.9. The number of aliphatic hydroxyl groups is 1. The topological polar surface area (TPSA) is 75.6 Å². The Morgan fingerprint density at radius 2 is 1.65 bits per heavy atom. The van der Waals surface area contributed by atoms with E-state index in [9.17, 15) is 13.5 Å². The summed E-state index contributed by atoms with van der Waals surface area (Å²) in [6, 6.07) is 16.5. The van der Waals surface area contributed by atoms with Crippen LogP contribution in [0.25, 0.3) is 0 Å². The third-order valence-electron chi connectivity index (χ3n) is 3.43. The number of hydrogen-bond donors (Lipinski definition) is 2. The molecule has 1 unspecified atom stereocenters. The van der Waals surface area contributed by atoms with Gasteiger partial charge in [0.25, 0.3) is 0 Å². The summed E-state index contributed by atoms with van der Waals surface area (Å²) in [5.41, 5.74) is 1.84. The SMILES string of the molecule is CC(NC[C@@H](O)c1ccc(OS(C)(=O)=O)cc1)c1ccccc1. The molecule has 23 heavy (non-hydrogen) atoms. The Morgan fingerprint density at radius 1 is 1.04 bits per heavy atom. The van der Waals surface area contributed by atoms with Gasteiger partial charge in [-0.25, -0.2) is 0 Å². The molecule has 2 N–H and O–H groups in total. The molecule has 0 radical (unpaired) electrons. The number of nitrogens with one attached hydrogen (secondary N) is 1. The van der Waals surface area contributed by atoms with E-state index in [1.165, 1.54) is 12.1 Å². The molecule has 0 aliphatic heterocycles. The fraction of sp³-hybridized carbons (Fsp3) is 0.294. The van der Waals surface area contributed by atoms with Gasteiger partial charge in [-0.05, 0) is 30.2 Å². The highest BCUT2D eigenvalue weighted by atomic mass is 32.2. The van der Waals surface area contributed by atoms with Crippen molar-refractivity contribution in [3.63, 3.8) is 0 Å². The lowest BCUT2D eigenvalue weighted by molar-refractivity contribution is 0.171. The lowest BCUT2D eigenvalue weighted by Crippen LogP contribution is -2.24. The number of hydrogen-bond acceptors (Lipinski definition) is 5. The van der Waals surface area contributed by atoms with E-state index in [0.29, 0.717) is 12.1 Å². The maximum absolute atomic E-state index is 11.1. The molecule has 6 heteroatoms. The molecule has 0 bridgehead atoms. The van der Waals surface area contributed by atoms with E-state index >= 15 is 0 Å². The number of rotatable bonds is 7.